The molecule has 132 valence electrons. The predicted octanol–water partition coefficient (Wildman–Crippen LogP) is 6.01. The van der Waals surface area contributed by atoms with Crippen LogP contribution in [0.5, 0.6) is 0 Å². The fourth-order valence-corrected chi connectivity index (χ4v) is 3.45. The Morgan fingerprint density at radius 2 is 1.52 bits per heavy atom. The molecule has 1 heterocycles. The molecule has 0 aliphatic carbocycles. The number of nitrogens with zero attached hydrogens (tertiary/aromatic N) is 1. The zero-order chi connectivity index (χ0) is 18.8. The summed E-state index contributed by atoms with van der Waals surface area (Å²) < 4.78 is 5.03. The third kappa shape index (κ3) is 3.18. The van der Waals surface area contributed by atoms with E-state index in [9.17, 15) is 4.79 Å². The number of ether oxygens (including phenoxy) is 1. The molecule has 0 aliphatic rings. The lowest BCUT2D eigenvalue weighted by atomic mass is 9.94. The van der Waals surface area contributed by atoms with Gasteiger partial charge in [0, 0.05) is 21.5 Å². The molecular formula is C23H16ClNO2. The van der Waals surface area contributed by atoms with Gasteiger partial charge in [0.15, 0.2) is 5.69 Å². The minimum atomic E-state index is -0.470. The van der Waals surface area contributed by atoms with Gasteiger partial charge in [0.2, 0.25) is 0 Å². The summed E-state index contributed by atoms with van der Waals surface area (Å²) in [6.45, 7) is 0. The number of fused-ring (bicyclic) bond motifs is 1. The molecule has 0 spiro atoms. The number of halogens is 1. The number of hydrogen-bond donors (Lipinski definition) is 0. The van der Waals surface area contributed by atoms with Crippen LogP contribution in [0.15, 0.2) is 78.9 Å². The van der Waals surface area contributed by atoms with E-state index in [-0.39, 0.29) is 5.69 Å². The number of aromatic nitrogens is 1. The number of rotatable bonds is 3. The average molecular weight is 374 g/mol. The monoisotopic (exact) mass is 373 g/mol. The zero-order valence-corrected chi connectivity index (χ0v) is 15.4. The maximum atomic E-state index is 12.6. The largest absolute Gasteiger partial charge is 0.464 e. The highest BCUT2D eigenvalue weighted by Crippen LogP contribution is 2.37. The first-order chi connectivity index (χ1) is 13.2. The minimum absolute atomic E-state index is 0.289. The summed E-state index contributed by atoms with van der Waals surface area (Å²) in [5.41, 5.74) is 3.53. The molecule has 0 saturated carbocycles. The SMILES string of the molecule is COC(=O)c1nc(-c2cccc(Cl)c2)c2ccccc2c1-c1ccccc1. The van der Waals surface area contributed by atoms with Gasteiger partial charge < -0.3 is 4.74 Å². The molecule has 0 radical (unpaired) electrons. The normalized spacial score (nSPS) is 10.7. The number of carbonyl (C=O) groups excluding carboxylic acids is 1. The minimum Gasteiger partial charge on any atom is -0.464 e. The van der Waals surface area contributed by atoms with Gasteiger partial charge in [-0.25, -0.2) is 9.78 Å². The zero-order valence-electron chi connectivity index (χ0n) is 14.6. The molecule has 0 saturated heterocycles. The summed E-state index contributed by atoms with van der Waals surface area (Å²) in [5, 5.41) is 2.51. The fraction of sp³-hybridized carbons (Fsp3) is 0.0435. The van der Waals surface area contributed by atoms with Gasteiger partial charge in [-0.2, -0.15) is 0 Å². The number of pyridine rings is 1. The topological polar surface area (TPSA) is 39.2 Å². The van der Waals surface area contributed by atoms with Crippen molar-refractivity contribution >= 4 is 28.3 Å². The van der Waals surface area contributed by atoms with Crippen molar-refractivity contribution < 1.29 is 9.53 Å². The first-order valence-corrected chi connectivity index (χ1v) is 8.89. The van der Waals surface area contributed by atoms with Gasteiger partial charge in [0.25, 0.3) is 0 Å². The number of methoxy groups -OCH3 is 1. The van der Waals surface area contributed by atoms with Crippen LogP contribution in [0.4, 0.5) is 0 Å². The molecule has 0 N–H and O–H groups in total. The molecule has 0 aliphatic heterocycles. The molecule has 1 aromatic heterocycles. The second-order valence-corrected chi connectivity index (χ2v) is 6.53. The van der Waals surface area contributed by atoms with Crippen molar-refractivity contribution in [2.24, 2.45) is 0 Å². The van der Waals surface area contributed by atoms with E-state index >= 15 is 0 Å². The molecule has 4 aromatic rings. The highest BCUT2D eigenvalue weighted by molar-refractivity contribution is 6.31. The molecule has 0 unspecified atom stereocenters. The molecule has 0 bridgehead atoms. The van der Waals surface area contributed by atoms with Crippen molar-refractivity contribution in [3.8, 4) is 22.4 Å². The maximum Gasteiger partial charge on any atom is 0.357 e. The van der Waals surface area contributed by atoms with Gasteiger partial charge in [0.05, 0.1) is 12.8 Å². The van der Waals surface area contributed by atoms with Crippen molar-refractivity contribution in [2.45, 2.75) is 0 Å². The smallest absolute Gasteiger partial charge is 0.357 e. The number of benzene rings is 3. The first-order valence-electron chi connectivity index (χ1n) is 8.51. The van der Waals surface area contributed by atoms with E-state index < -0.39 is 5.97 Å². The third-order valence-corrected chi connectivity index (χ3v) is 4.69. The first kappa shape index (κ1) is 17.3. The number of hydrogen-bond acceptors (Lipinski definition) is 3. The molecule has 0 fully saturated rings. The summed E-state index contributed by atoms with van der Waals surface area (Å²) in [4.78, 5) is 17.3. The lowest BCUT2D eigenvalue weighted by Crippen LogP contribution is -2.08. The van der Waals surface area contributed by atoms with E-state index in [1.54, 1.807) is 0 Å². The van der Waals surface area contributed by atoms with Crippen LogP contribution in [0.1, 0.15) is 10.5 Å². The van der Waals surface area contributed by atoms with Crippen LogP contribution in [-0.2, 0) is 4.74 Å². The Morgan fingerprint density at radius 3 is 2.22 bits per heavy atom. The average Bonchev–Trinajstić information content (AvgIpc) is 2.72. The van der Waals surface area contributed by atoms with E-state index in [2.05, 4.69) is 0 Å². The summed E-state index contributed by atoms with van der Waals surface area (Å²) in [5.74, 6) is -0.470. The van der Waals surface area contributed by atoms with Crippen LogP contribution >= 0.6 is 11.6 Å². The van der Waals surface area contributed by atoms with Crippen molar-refractivity contribution in [2.75, 3.05) is 7.11 Å². The summed E-state index contributed by atoms with van der Waals surface area (Å²) in [6.07, 6.45) is 0. The van der Waals surface area contributed by atoms with Gasteiger partial charge in [-0.3, -0.25) is 0 Å². The Balaban J connectivity index is 2.12. The fourth-order valence-electron chi connectivity index (χ4n) is 3.26. The summed E-state index contributed by atoms with van der Waals surface area (Å²) in [7, 11) is 1.37. The molecule has 4 heteroatoms. The van der Waals surface area contributed by atoms with Crippen LogP contribution in [0, 0.1) is 0 Å². The molecule has 3 nitrogen and oxygen atoms in total. The molecular weight excluding hydrogens is 358 g/mol. The summed E-state index contributed by atoms with van der Waals surface area (Å²) in [6, 6.07) is 25.1. The Kier molecular flexibility index (Phi) is 4.61. The quantitative estimate of drug-likeness (QED) is 0.413. The number of esters is 1. The van der Waals surface area contributed by atoms with E-state index in [1.165, 1.54) is 7.11 Å². The third-order valence-electron chi connectivity index (χ3n) is 4.45. The standard InChI is InChI=1S/C23H16ClNO2/c1-27-23(26)22-20(15-8-3-2-4-9-15)18-12-5-6-13-19(18)21(25-22)16-10-7-11-17(24)14-16/h2-14H,1H3. The Labute approximate surface area is 162 Å². The van der Waals surface area contributed by atoms with Crippen molar-refractivity contribution in [3.63, 3.8) is 0 Å². The van der Waals surface area contributed by atoms with Crippen molar-refractivity contribution in [1.29, 1.82) is 0 Å². The van der Waals surface area contributed by atoms with Crippen LogP contribution in [0.2, 0.25) is 5.02 Å². The van der Waals surface area contributed by atoms with Crippen molar-refractivity contribution in [1.82, 2.24) is 4.98 Å². The lowest BCUT2D eigenvalue weighted by Gasteiger charge is -2.15. The van der Waals surface area contributed by atoms with Crippen LogP contribution in [0.3, 0.4) is 0 Å². The van der Waals surface area contributed by atoms with Gasteiger partial charge in [-0.05, 0) is 23.1 Å². The number of carbonyl (C=O) groups is 1. The Morgan fingerprint density at radius 1 is 0.852 bits per heavy atom. The molecule has 0 atom stereocenters. The van der Waals surface area contributed by atoms with E-state index in [0.29, 0.717) is 10.7 Å². The Hall–Kier alpha value is -3.17. The van der Waals surface area contributed by atoms with Crippen LogP contribution in [-0.4, -0.2) is 18.1 Å². The lowest BCUT2D eigenvalue weighted by molar-refractivity contribution is 0.0595. The maximum absolute atomic E-state index is 12.6. The van der Waals surface area contributed by atoms with Gasteiger partial charge in [-0.1, -0.05) is 78.3 Å². The van der Waals surface area contributed by atoms with Crippen molar-refractivity contribution in [3.05, 3.63) is 89.6 Å². The molecule has 27 heavy (non-hydrogen) atoms. The van der Waals surface area contributed by atoms with E-state index in [4.69, 9.17) is 21.3 Å². The predicted molar refractivity (Wildman–Crippen MR) is 109 cm³/mol. The van der Waals surface area contributed by atoms with Gasteiger partial charge in [0.1, 0.15) is 0 Å². The summed E-state index contributed by atoms with van der Waals surface area (Å²) >= 11 is 6.18. The van der Waals surface area contributed by atoms with Crippen LogP contribution in [0.25, 0.3) is 33.2 Å². The Bertz CT molecular complexity index is 1140. The van der Waals surface area contributed by atoms with E-state index in [1.807, 2.05) is 78.9 Å². The second kappa shape index (κ2) is 7.22. The molecule has 0 amide bonds. The van der Waals surface area contributed by atoms with Gasteiger partial charge in [-0.15, -0.1) is 0 Å². The second-order valence-electron chi connectivity index (χ2n) is 6.10. The highest BCUT2D eigenvalue weighted by Gasteiger charge is 2.21. The van der Waals surface area contributed by atoms with Gasteiger partial charge >= 0.3 is 5.97 Å². The van der Waals surface area contributed by atoms with Crippen LogP contribution < -0.4 is 0 Å². The molecule has 3 aromatic carbocycles. The molecule has 4 rings (SSSR count). The van der Waals surface area contributed by atoms with E-state index in [0.717, 1.165) is 27.5 Å². The highest BCUT2D eigenvalue weighted by atomic mass is 35.5.